The second-order valence-electron chi connectivity index (χ2n) is 4.78. The third-order valence-corrected chi connectivity index (χ3v) is 3.72. The average molecular weight is 251 g/mol. The summed E-state index contributed by atoms with van der Waals surface area (Å²) < 4.78 is 18.3. The largest absolute Gasteiger partial charge is 0.380 e. The molecule has 18 heavy (non-hydrogen) atoms. The van der Waals surface area contributed by atoms with Gasteiger partial charge in [-0.05, 0) is 18.6 Å². The van der Waals surface area contributed by atoms with Crippen molar-refractivity contribution < 1.29 is 14.2 Å². The van der Waals surface area contributed by atoms with Gasteiger partial charge in [-0.15, -0.1) is 0 Å². The first-order valence-electron chi connectivity index (χ1n) is 6.18. The van der Waals surface area contributed by atoms with E-state index in [0.29, 0.717) is 32.8 Å². The van der Waals surface area contributed by atoms with Crippen LogP contribution < -0.4 is 5.56 Å². The van der Waals surface area contributed by atoms with Crippen molar-refractivity contribution in [3.8, 4) is 0 Å². The van der Waals surface area contributed by atoms with Gasteiger partial charge in [-0.3, -0.25) is 4.79 Å². The Kier molecular flexibility index (Phi) is 2.77. The molecule has 0 aromatic carbocycles. The first-order valence-corrected chi connectivity index (χ1v) is 6.18. The van der Waals surface area contributed by atoms with Gasteiger partial charge < -0.3 is 18.8 Å². The molecular formula is C13H17NO4. The van der Waals surface area contributed by atoms with Crippen molar-refractivity contribution in [1.29, 1.82) is 0 Å². The molecule has 3 heterocycles. The number of fused-ring (bicyclic) bond motifs is 2. The average Bonchev–Trinajstić information content (AvgIpc) is 2.95. The maximum absolute atomic E-state index is 12.4. The molecule has 2 aliphatic rings. The van der Waals surface area contributed by atoms with E-state index in [1.54, 1.807) is 11.7 Å². The molecule has 0 aliphatic carbocycles. The fraction of sp³-hybridized carbons (Fsp3) is 0.615. The Morgan fingerprint density at radius 3 is 2.83 bits per heavy atom. The van der Waals surface area contributed by atoms with E-state index in [-0.39, 0.29) is 5.56 Å². The van der Waals surface area contributed by atoms with E-state index in [0.717, 1.165) is 16.8 Å². The molecule has 1 aromatic rings. The summed E-state index contributed by atoms with van der Waals surface area (Å²) in [7, 11) is 1.60. The van der Waals surface area contributed by atoms with Gasteiger partial charge >= 0.3 is 0 Å². The van der Waals surface area contributed by atoms with Gasteiger partial charge in [0, 0.05) is 25.6 Å². The highest BCUT2D eigenvalue weighted by atomic mass is 16.7. The number of rotatable bonds is 2. The summed E-state index contributed by atoms with van der Waals surface area (Å²) in [5.74, 6) is -0.685. The quantitative estimate of drug-likeness (QED) is 0.784. The smallest absolute Gasteiger partial charge is 0.256 e. The molecule has 2 aliphatic heterocycles. The van der Waals surface area contributed by atoms with E-state index in [2.05, 4.69) is 0 Å². The molecule has 1 fully saturated rings. The van der Waals surface area contributed by atoms with Crippen LogP contribution in [0.5, 0.6) is 0 Å². The molecule has 1 aromatic heterocycles. The standard InChI is InChI=1S/C13H17NO4/c1-9-7-11-13(17-5-6-18-13)3-4-14(11)12(15)10(9)8-16-2/h7H,3-6,8H2,1-2H3. The molecule has 3 rings (SSSR count). The lowest BCUT2D eigenvalue weighted by Crippen LogP contribution is -2.29. The fourth-order valence-electron chi connectivity index (χ4n) is 2.80. The van der Waals surface area contributed by atoms with E-state index in [1.165, 1.54) is 0 Å². The van der Waals surface area contributed by atoms with Crippen molar-refractivity contribution >= 4 is 0 Å². The number of aryl methyl sites for hydroxylation is 1. The highest BCUT2D eigenvalue weighted by Crippen LogP contribution is 2.39. The van der Waals surface area contributed by atoms with Crippen LogP contribution in [0.4, 0.5) is 0 Å². The molecule has 0 amide bonds. The van der Waals surface area contributed by atoms with Crippen molar-refractivity contribution in [2.75, 3.05) is 20.3 Å². The number of aromatic nitrogens is 1. The second-order valence-corrected chi connectivity index (χ2v) is 4.78. The summed E-state index contributed by atoms with van der Waals surface area (Å²) in [6, 6.07) is 1.99. The summed E-state index contributed by atoms with van der Waals surface area (Å²) >= 11 is 0. The molecule has 0 atom stereocenters. The van der Waals surface area contributed by atoms with Crippen LogP contribution in [0.1, 0.15) is 23.2 Å². The van der Waals surface area contributed by atoms with Crippen LogP contribution in [0, 0.1) is 6.92 Å². The van der Waals surface area contributed by atoms with Crippen LogP contribution in [0.25, 0.3) is 0 Å². The summed E-state index contributed by atoms with van der Waals surface area (Å²) in [4.78, 5) is 12.4. The molecule has 5 nitrogen and oxygen atoms in total. The van der Waals surface area contributed by atoms with Crippen LogP contribution in [0.15, 0.2) is 10.9 Å². The van der Waals surface area contributed by atoms with Crippen LogP contribution in [0.3, 0.4) is 0 Å². The van der Waals surface area contributed by atoms with Crippen molar-refractivity contribution in [1.82, 2.24) is 4.57 Å². The Bertz CT molecular complexity index is 529. The Balaban J connectivity index is 2.14. The predicted molar refractivity (Wildman–Crippen MR) is 64.4 cm³/mol. The Labute approximate surface area is 105 Å². The Morgan fingerprint density at radius 2 is 2.17 bits per heavy atom. The molecule has 98 valence electrons. The molecule has 0 unspecified atom stereocenters. The van der Waals surface area contributed by atoms with Gasteiger partial charge in [-0.25, -0.2) is 0 Å². The van der Waals surface area contributed by atoms with Crippen molar-refractivity contribution in [2.45, 2.75) is 32.3 Å². The topological polar surface area (TPSA) is 49.7 Å². The zero-order chi connectivity index (χ0) is 12.8. The number of nitrogens with zero attached hydrogens (tertiary/aromatic N) is 1. The Hall–Kier alpha value is -1.17. The van der Waals surface area contributed by atoms with Gasteiger partial charge in [0.25, 0.3) is 5.56 Å². The van der Waals surface area contributed by atoms with Crippen LogP contribution >= 0.6 is 0 Å². The number of methoxy groups -OCH3 is 1. The van der Waals surface area contributed by atoms with Gasteiger partial charge in [0.1, 0.15) is 0 Å². The van der Waals surface area contributed by atoms with Gasteiger partial charge in [0.05, 0.1) is 25.5 Å². The van der Waals surface area contributed by atoms with Gasteiger partial charge in [0.2, 0.25) is 5.79 Å². The third-order valence-electron chi connectivity index (χ3n) is 3.72. The number of hydrogen-bond donors (Lipinski definition) is 0. The fourth-order valence-corrected chi connectivity index (χ4v) is 2.80. The summed E-state index contributed by atoms with van der Waals surface area (Å²) in [5, 5.41) is 0. The molecule has 1 spiro atoms. The van der Waals surface area contributed by atoms with E-state index in [1.807, 2.05) is 13.0 Å². The molecule has 1 saturated heterocycles. The summed E-state index contributed by atoms with van der Waals surface area (Å²) in [6.07, 6.45) is 0.706. The van der Waals surface area contributed by atoms with Gasteiger partial charge in [-0.1, -0.05) is 0 Å². The highest BCUT2D eigenvalue weighted by Gasteiger charge is 2.45. The molecule has 0 radical (unpaired) electrons. The summed E-state index contributed by atoms with van der Waals surface area (Å²) in [6.45, 7) is 4.10. The van der Waals surface area contributed by atoms with E-state index in [4.69, 9.17) is 14.2 Å². The van der Waals surface area contributed by atoms with Crippen molar-refractivity contribution in [3.63, 3.8) is 0 Å². The first kappa shape index (κ1) is 11.9. The second kappa shape index (κ2) is 4.19. The zero-order valence-electron chi connectivity index (χ0n) is 10.7. The van der Waals surface area contributed by atoms with Crippen LogP contribution in [-0.2, 0) is 33.1 Å². The number of pyridine rings is 1. The molecular weight excluding hydrogens is 234 g/mol. The van der Waals surface area contributed by atoms with Crippen LogP contribution in [-0.4, -0.2) is 24.9 Å². The maximum atomic E-state index is 12.4. The van der Waals surface area contributed by atoms with E-state index < -0.39 is 5.79 Å². The molecule has 0 saturated carbocycles. The minimum absolute atomic E-state index is 0.0165. The zero-order valence-corrected chi connectivity index (χ0v) is 10.7. The minimum atomic E-state index is -0.685. The lowest BCUT2D eigenvalue weighted by Gasteiger charge is -2.22. The molecule has 0 bridgehead atoms. The van der Waals surface area contributed by atoms with Crippen LogP contribution in [0.2, 0.25) is 0 Å². The predicted octanol–water partition coefficient (Wildman–Crippen LogP) is 0.906. The van der Waals surface area contributed by atoms with Gasteiger partial charge in [-0.2, -0.15) is 0 Å². The summed E-state index contributed by atoms with van der Waals surface area (Å²) in [5.41, 5.74) is 2.52. The highest BCUT2D eigenvalue weighted by molar-refractivity contribution is 5.30. The lowest BCUT2D eigenvalue weighted by molar-refractivity contribution is -0.163. The van der Waals surface area contributed by atoms with Gasteiger partial charge in [0.15, 0.2) is 0 Å². The number of hydrogen-bond acceptors (Lipinski definition) is 4. The number of ether oxygens (including phenoxy) is 3. The Morgan fingerprint density at radius 1 is 1.44 bits per heavy atom. The lowest BCUT2D eigenvalue weighted by atomic mass is 10.1. The van der Waals surface area contributed by atoms with E-state index >= 15 is 0 Å². The maximum Gasteiger partial charge on any atom is 0.256 e. The minimum Gasteiger partial charge on any atom is -0.380 e. The van der Waals surface area contributed by atoms with E-state index in [9.17, 15) is 4.79 Å². The monoisotopic (exact) mass is 251 g/mol. The normalized spacial score (nSPS) is 20.6. The molecule has 5 heteroatoms. The third kappa shape index (κ3) is 1.55. The first-order chi connectivity index (χ1) is 8.68. The van der Waals surface area contributed by atoms with Crippen molar-refractivity contribution in [3.05, 3.63) is 33.2 Å². The SMILES string of the molecule is COCc1c(C)cc2n(c1=O)CCC21OCCO1. The molecule has 0 N–H and O–H groups in total. The van der Waals surface area contributed by atoms with Crippen molar-refractivity contribution in [2.24, 2.45) is 0 Å².